The van der Waals surface area contributed by atoms with Crippen LogP contribution in [0, 0.1) is 0 Å². The second-order valence-corrected chi connectivity index (χ2v) is 11.4. The average molecular weight is 563 g/mol. The summed E-state index contributed by atoms with van der Waals surface area (Å²) in [5, 5.41) is 4.53. The minimum absolute atomic E-state index is 0.904. The molecule has 2 heterocycles. The Morgan fingerprint density at radius 2 is 0.477 bits per heavy atom. The van der Waals surface area contributed by atoms with Gasteiger partial charge in [-0.2, -0.15) is 0 Å². The van der Waals surface area contributed by atoms with Crippen molar-refractivity contribution >= 4 is 43.9 Å². The van der Waals surface area contributed by atoms with Crippen LogP contribution in [0.15, 0.2) is 167 Å². The Morgan fingerprint density at radius 1 is 0.227 bits per heavy atom. The molecule has 0 aliphatic carbocycles. The van der Waals surface area contributed by atoms with Gasteiger partial charge in [0.1, 0.15) is 22.3 Å². The zero-order valence-electron chi connectivity index (χ0n) is 23.8. The van der Waals surface area contributed by atoms with Crippen LogP contribution >= 0.6 is 0 Å². The Bertz CT molecular complexity index is 2290. The van der Waals surface area contributed by atoms with Gasteiger partial charge in [-0.15, -0.1) is 0 Å². The van der Waals surface area contributed by atoms with Gasteiger partial charge >= 0.3 is 0 Å². The monoisotopic (exact) mass is 562 g/mol. The van der Waals surface area contributed by atoms with Crippen LogP contribution in [-0.2, 0) is 0 Å². The molecule has 2 nitrogen and oxygen atoms in total. The van der Waals surface area contributed by atoms with Gasteiger partial charge in [0.15, 0.2) is 0 Å². The van der Waals surface area contributed by atoms with E-state index in [0.29, 0.717) is 0 Å². The molecule has 0 bridgehead atoms. The van der Waals surface area contributed by atoms with Gasteiger partial charge in [0.2, 0.25) is 0 Å². The normalized spacial score (nSPS) is 11.6. The van der Waals surface area contributed by atoms with Crippen LogP contribution in [0.25, 0.3) is 88.4 Å². The molecule has 9 rings (SSSR count). The van der Waals surface area contributed by atoms with E-state index in [1.807, 2.05) is 12.1 Å². The van der Waals surface area contributed by atoms with Crippen LogP contribution in [0.5, 0.6) is 0 Å². The SMILES string of the molecule is c1ccc(-c2ccc3oc4ccc(-c5ccc(-c6ccc7oc8ccc(-c9ccccc9)cc8c7c6)cc5)cc4c3c2)cc1. The smallest absolute Gasteiger partial charge is 0.135 e. The first kappa shape index (κ1) is 24.7. The van der Waals surface area contributed by atoms with Crippen LogP contribution in [0.2, 0.25) is 0 Å². The number of fused-ring (bicyclic) bond motifs is 6. The van der Waals surface area contributed by atoms with Gasteiger partial charge in [-0.1, -0.05) is 109 Å². The van der Waals surface area contributed by atoms with Gasteiger partial charge in [0, 0.05) is 21.5 Å². The maximum absolute atomic E-state index is 6.19. The molecule has 0 unspecified atom stereocenters. The van der Waals surface area contributed by atoms with Crippen molar-refractivity contribution in [1.82, 2.24) is 0 Å². The number of benzene rings is 7. The second kappa shape index (κ2) is 9.86. The predicted octanol–water partition coefficient (Wildman–Crippen LogP) is 12.2. The summed E-state index contributed by atoms with van der Waals surface area (Å²) in [5.74, 6) is 0. The van der Waals surface area contributed by atoms with E-state index in [2.05, 4.69) is 146 Å². The summed E-state index contributed by atoms with van der Waals surface area (Å²) in [6, 6.07) is 55.7. The molecule has 0 radical (unpaired) electrons. The summed E-state index contributed by atoms with van der Waals surface area (Å²) >= 11 is 0. The van der Waals surface area contributed by atoms with Crippen molar-refractivity contribution in [2.45, 2.75) is 0 Å². The van der Waals surface area contributed by atoms with Crippen molar-refractivity contribution in [3.05, 3.63) is 158 Å². The molecule has 2 aromatic heterocycles. The molecule has 0 fully saturated rings. The van der Waals surface area contributed by atoms with E-state index < -0.39 is 0 Å². The molecule has 0 atom stereocenters. The number of rotatable bonds is 4. The van der Waals surface area contributed by atoms with E-state index in [1.54, 1.807) is 0 Å². The van der Waals surface area contributed by atoms with E-state index >= 15 is 0 Å². The van der Waals surface area contributed by atoms with Crippen molar-refractivity contribution < 1.29 is 8.83 Å². The Morgan fingerprint density at radius 3 is 0.773 bits per heavy atom. The molecular weight excluding hydrogens is 536 g/mol. The minimum atomic E-state index is 0.904. The predicted molar refractivity (Wildman–Crippen MR) is 183 cm³/mol. The summed E-state index contributed by atoms with van der Waals surface area (Å²) in [6.07, 6.45) is 0. The molecular formula is C42H26O2. The van der Waals surface area contributed by atoms with E-state index in [1.165, 1.54) is 44.5 Å². The lowest BCUT2D eigenvalue weighted by Gasteiger charge is -2.06. The largest absolute Gasteiger partial charge is 0.456 e. The maximum Gasteiger partial charge on any atom is 0.135 e. The first-order valence-electron chi connectivity index (χ1n) is 14.9. The summed E-state index contributed by atoms with van der Waals surface area (Å²) in [4.78, 5) is 0. The third kappa shape index (κ3) is 4.11. The summed E-state index contributed by atoms with van der Waals surface area (Å²) in [5.41, 5.74) is 13.1. The first-order chi connectivity index (χ1) is 21.8. The Hall–Kier alpha value is -5.86. The highest BCUT2D eigenvalue weighted by Crippen LogP contribution is 2.37. The van der Waals surface area contributed by atoms with Gasteiger partial charge in [0.05, 0.1) is 0 Å². The third-order valence-corrected chi connectivity index (χ3v) is 8.70. The van der Waals surface area contributed by atoms with Gasteiger partial charge < -0.3 is 8.83 Å². The van der Waals surface area contributed by atoms with E-state index in [0.717, 1.165) is 43.9 Å². The third-order valence-electron chi connectivity index (χ3n) is 8.70. The lowest BCUT2D eigenvalue weighted by molar-refractivity contribution is 0.668. The molecule has 44 heavy (non-hydrogen) atoms. The van der Waals surface area contributed by atoms with Crippen molar-refractivity contribution in [3.8, 4) is 44.5 Å². The molecule has 0 aliphatic rings. The van der Waals surface area contributed by atoms with Crippen molar-refractivity contribution in [3.63, 3.8) is 0 Å². The fraction of sp³-hybridized carbons (Fsp3) is 0. The number of furan rings is 2. The van der Waals surface area contributed by atoms with Crippen molar-refractivity contribution in [2.75, 3.05) is 0 Å². The van der Waals surface area contributed by atoms with Crippen LogP contribution in [0.1, 0.15) is 0 Å². The Kier molecular flexibility index (Phi) is 5.54. The van der Waals surface area contributed by atoms with Crippen LogP contribution in [0.3, 0.4) is 0 Å². The Balaban J connectivity index is 1.07. The zero-order valence-corrected chi connectivity index (χ0v) is 23.8. The minimum Gasteiger partial charge on any atom is -0.456 e. The molecule has 0 saturated heterocycles. The van der Waals surface area contributed by atoms with Gasteiger partial charge in [0.25, 0.3) is 0 Å². The van der Waals surface area contributed by atoms with Crippen molar-refractivity contribution in [2.24, 2.45) is 0 Å². The molecule has 206 valence electrons. The highest BCUT2D eigenvalue weighted by molar-refractivity contribution is 6.09. The average Bonchev–Trinajstić information content (AvgIpc) is 3.66. The lowest BCUT2D eigenvalue weighted by Crippen LogP contribution is -1.81. The van der Waals surface area contributed by atoms with Crippen LogP contribution in [-0.4, -0.2) is 0 Å². The van der Waals surface area contributed by atoms with E-state index in [9.17, 15) is 0 Å². The molecule has 2 heteroatoms. The zero-order chi connectivity index (χ0) is 29.0. The van der Waals surface area contributed by atoms with Gasteiger partial charge in [-0.3, -0.25) is 0 Å². The summed E-state index contributed by atoms with van der Waals surface area (Å²) in [7, 11) is 0. The fourth-order valence-corrected chi connectivity index (χ4v) is 6.39. The van der Waals surface area contributed by atoms with E-state index in [4.69, 9.17) is 8.83 Å². The molecule has 0 amide bonds. The highest BCUT2D eigenvalue weighted by atomic mass is 16.3. The molecule has 0 aliphatic heterocycles. The maximum atomic E-state index is 6.19. The Labute approximate surface area is 254 Å². The summed E-state index contributed by atoms with van der Waals surface area (Å²) in [6.45, 7) is 0. The number of hydrogen-bond acceptors (Lipinski definition) is 2. The van der Waals surface area contributed by atoms with E-state index in [-0.39, 0.29) is 0 Å². The lowest BCUT2D eigenvalue weighted by atomic mass is 9.97. The highest BCUT2D eigenvalue weighted by Gasteiger charge is 2.12. The molecule has 0 saturated carbocycles. The first-order valence-corrected chi connectivity index (χ1v) is 14.9. The second-order valence-electron chi connectivity index (χ2n) is 11.4. The van der Waals surface area contributed by atoms with Gasteiger partial charge in [-0.25, -0.2) is 0 Å². The summed E-state index contributed by atoms with van der Waals surface area (Å²) < 4.78 is 12.4. The fourth-order valence-electron chi connectivity index (χ4n) is 6.39. The number of hydrogen-bond donors (Lipinski definition) is 0. The molecule has 7 aromatic carbocycles. The molecule has 9 aromatic rings. The topological polar surface area (TPSA) is 26.3 Å². The molecule has 0 spiro atoms. The van der Waals surface area contributed by atoms with Crippen molar-refractivity contribution in [1.29, 1.82) is 0 Å². The van der Waals surface area contributed by atoms with Crippen LogP contribution < -0.4 is 0 Å². The molecule has 0 N–H and O–H groups in total. The quantitative estimate of drug-likeness (QED) is 0.213. The van der Waals surface area contributed by atoms with Crippen LogP contribution in [0.4, 0.5) is 0 Å². The standard InChI is InChI=1S/C42H26O2/c1-3-7-27(8-4-1)31-15-19-39-35(23-31)37-25-33(17-21-41(37)43-39)29-11-13-30(14-12-29)34-18-22-42-38(26-34)36-24-32(16-20-40(36)44-42)28-9-5-2-6-10-28/h1-26H. The van der Waals surface area contributed by atoms with Gasteiger partial charge in [-0.05, 0) is 93.0 Å².